The Morgan fingerprint density at radius 3 is 2.50 bits per heavy atom. The van der Waals surface area contributed by atoms with Gasteiger partial charge in [0, 0.05) is 11.4 Å². The number of carbonyl (C=O) groups is 1. The van der Waals surface area contributed by atoms with E-state index in [0.717, 1.165) is 5.56 Å². The van der Waals surface area contributed by atoms with Crippen LogP contribution in [0.15, 0.2) is 29.1 Å². The molecule has 0 bridgehead atoms. The summed E-state index contributed by atoms with van der Waals surface area (Å²) in [6.45, 7) is 5.26. The second kappa shape index (κ2) is 5.21. The van der Waals surface area contributed by atoms with Crippen LogP contribution in [0.4, 0.5) is 5.69 Å². The normalized spacial score (nSPS) is 10.3. The van der Waals surface area contributed by atoms with Crippen LogP contribution < -0.4 is 10.9 Å². The molecule has 0 spiro atoms. The molecule has 0 unspecified atom stereocenters. The van der Waals surface area contributed by atoms with Crippen molar-refractivity contribution in [3.05, 3.63) is 57.0 Å². The molecule has 0 aliphatic heterocycles. The molecule has 0 atom stereocenters. The summed E-state index contributed by atoms with van der Waals surface area (Å²) in [6, 6.07) is 6.41. The molecule has 2 rings (SSSR count). The number of hydrogen-bond donors (Lipinski definition) is 3. The summed E-state index contributed by atoms with van der Waals surface area (Å²) in [7, 11) is 0. The van der Waals surface area contributed by atoms with E-state index < -0.39 is 11.5 Å². The molecule has 0 aliphatic carbocycles. The molecule has 0 radical (unpaired) electrons. The number of benzene rings is 1. The average Bonchev–Trinajstić information content (AvgIpc) is 2.35. The van der Waals surface area contributed by atoms with Crippen molar-refractivity contribution in [1.29, 1.82) is 0 Å². The van der Waals surface area contributed by atoms with E-state index in [1.165, 1.54) is 6.07 Å². The fourth-order valence-corrected chi connectivity index (χ4v) is 1.88. The third kappa shape index (κ3) is 2.71. The van der Waals surface area contributed by atoms with Crippen LogP contribution in [0.25, 0.3) is 0 Å². The SMILES string of the molecule is Cc1ccc(C(=O)Nc2cc(C)c(O)cc2C)c(=O)[nH]1. The maximum Gasteiger partial charge on any atom is 0.261 e. The van der Waals surface area contributed by atoms with E-state index in [0.29, 0.717) is 16.9 Å². The summed E-state index contributed by atoms with van der Waals surface area (Å²) in [5, 5.41) is 12.3. The Morgan fingerprint density at radius 1 is 1.15 bits per heavy atom. The smallest absolute Gasteiger partial charge is 0.261 e. The second-order valence-corrected chi connectivity index (χ2v) is 4.79. The monoisotopic (exact) mass is 272 g/mol. The van der Waals surface area contributed by atoms with Crippen molar-refractivity contribution in [1.82, 2.24) is 4.98 Å². The summed E-state index contributed by atoms with van der Waals surface area (Å²) >= 11 is 0. The molecule has 20 heavy (non-hydrogen) atoms. The highest BCUT2D eigenvalue weighted by molar-refractivity contribution is 6.04. The highest BCUT2D eigenvalue weighted by Gasteiger charge is 2.12. The minimum absolute atomic E-state index is 0.0562. The number of nitrogens with one attached hydrogen (secondary N) is 2. The van der Waals surface area contributed by atoms with Crippen LogP contribution in [0.3, 0.4) is 0 Å². The van der Waals surface area contributed by atoms with E-state index in [4.69, 9.17) is 0 Å². The Balaban J connectivity index is 2.33. The van der Waals surface area contributed by atoms with Crippen LogP contribution >= 0.6 is 0 Å². The number of aromatic hydroxyl groups is 1. The predicted molar refractivity (Wildman–Crippen MR) is 77.3 cm³/mol. The number of carbonyl (C=O) groups excluding carboxylic acids is 1. The molecule has 2 aromatic rings. The van der Waals surface area contributed by atoms with E-state index in [9.17, 15) is 14.7 Å². The van der Waals surface area contributed by atoms with Gasteiger partial charge in [-0.05, 0) is 56.2 Å². The summed E-state index contributed by atoms with van der Waals surface area (Å²) in [4.78, 5) is 26.4. The van der Waals surface area contributed by atoms with Gasteiger partial charge >= 0.3 is 0 Å². The van der Waals surface area contributed by atoms with E-state index in [-0.39, 0.29) is 11.3 Å². The van der Waals surface area contributed by atoms with Gasteiger partial charge in [0.25, 0.3) is 11.5 Å². The standard InChI is InChI=1S/C15H16N2O3/c1-8-7-13(18)9(2)6-12(8)17-15(20)11-5-4-10(3)16-14(11)19/h4-7,18H,1-3H3,(H,16,19)(H,17,20). The van der Waals surface area contributed by atoms with Crippen molar-refractivity contribution < 1.29 is 9.90 Å². The molecule has 0 saturated heterocycles. The van der Waals surface area contributed by atoms with Gasteiger partial charge in [0.05, 0.1) is 0 Å². The highest BCUT2D eigenvalue weighted by atomic mass is 16.3. The molecule has 1 aromatic carbocycles. The van der Waals surface area contributed by atoms with Gasteiger partial charge in [-0.25, -0.2) is 0 Å². The lowest BCUT2D eigenvalue weighted by Gasteiger charge is -2.10. The first-order chi connectivity index (χ1) is 9.38. The Labute approximate surface area is 116 Å². The lowest BCUT2D eigenvalue weighted by Crippen LogP contribution is -2.23. The number of aryl methyl sites for hydroxylation is 3. The van der Waals surface area contributed by atoms with Crippen molar-refractivity contribution in [2.24, 2.45) is 0 Å². The number of phenolic OH excluding ortho intramolecular Hbond substituents is 1. The fraction of sp³-hybridized carbons (Fsp3) is 0.200. The maximum atomic E-state index is 12.1. The van der Waals surface area contributed by atoms with Gasteiger partial charge in [-0.2, -0.15) is 0 Å². The lowest BCUT2D eigenvalue weighted by atomic mass is 10.1. The van der Waals surface area contributed by atoms with E-state index in [1.54, 1.807) is 39.0 Å². The van der Waals surface area contributed by atoms with Gasteiger partial charge in [0.1, 0.15) is 11.3 Å². The maximum absolute atomic E-state index is 12.1. The first-order valence-corrected chi connectivity index (χ1v) is 6.20. The van der Waals surface area contributed by atoms with Gasteiger partial charge in [0.2, 0.25) is 0 Å². The van der Waals surface area contributed by atoms with Crippen LogP contribution in [-0.4, -0.2) is 16.0 Å². The minimum atomic E-state index is -0.473. The van der Waals surface area contributed by atoms with Crippen LogP contribution in [0, 0.1) is 20.8 Å². The van der Waals surface area contributed by atoms with Gasteiger partial charge in [-0.15, -0.1) is 0 Å². The molecule has 3 N–H and O–H groups in total. The van der Waals surface area contributed by atoms with Gasteiger partial charge in [0.15, 0.2) is 0 Å². The third-order valence-corrected chi connectivity index (χ3v) is 3.09. The molecule has 1 heterocycles. The molecule has 1 amide bonds. The number of rotatable bonds is 2. The predicted octanol–water partition coefficient (Wildman–Crippen LogP) is 2.26. The first-order valence-electron chi connectivity index (χ1n) is 6.20. The molecule has 104 valence electrons. The summed E-state index contributed by atoms with van der Waals surface area (Å²) in [5.74, 6) is -0.298. The van der Waals surface area contributed by atoms with Crippen molar-refractivity contribution in [3.63, 3.8) is 0 Å². The Hall–Kier alpha value is -2.56. The van der Waals surface area contributed by atoms with Crippen LogP contribution in [0.5, 0.6) is 5.75 Å². The lowest BCUT2D eigenvalue weighted by molar-refractivity contribution is 0.102. The summed E-state index contributed by atoms with van der Waals surface area (Å²) in [5.41, 5.74) is 2.29. The summed E-state index contributed by atoms with van der Waals surface area (Å²) in [6.07, 6.45) is 0. The number of amides is 1. The van der Waals surface area contributed by atoms with Crippen LogP contribution in [0.2, 0.25) is 0 Å². The number of phenols is 1. The molecular formula is C15H16N2O3. The average molecular weight is 272 g/mol. The largest absolute Gasteiger partial charge is 0.508 e. The quantitative estimate of drug-likeness (QED) is 0.733. The Morgan fingerprint density at radius 2 is 1.85 bits per heavy atom. The van der Waals surface area contributed by atoms with Crippen molar-refractivity contribution in [2.45, 2.75) is 20.8 Å². The highest BCUT2D eigenvalue weighted by Crippen LogP contribution is 2.25. The molecule has 0 saturated carbocycles. The van der Waals surface area contributed by atoms with Gasteiger partial charge in [-0.3, -0.25) is 9.59 Å². The zero-order chi connectivity index (χ0) is 14.9. The summed E-state index contributed by atoms with van der Waals surface area (Å²) < 4.78 is 0. The number of aromatic amines is 1. The molecule has 0 aliphatic rings. The number of anilines is 1. The number of H-pyrrole nitrogens is 1. The number of hydrogen-bond acceptors (Lipinski definition) is 3. The van der Waals surface area contributed by atoms with E-state index in [1.807, 2.05) is 0 Å². The van der Waals surface area contributed by atoms with Gasteiger partial charge in [-0.1, -0.05) is 0 Å². The Kier molecular flexibility index (Phi) is 3.61. The zero-order valence-corrected chi connectivity index (χ0v) is 11.6. The molecular weight excluding hydrogens is 256 g/mol. The fourth-order valence-electron chi connectivity index (χ4n) is 1.88. The molecule has 1 aromatic heterocycles. The third-order valence-electron chi connectivity index (χ3n) is 3.09. The molecule has 0 fully saturated rings. The van der Waals surface area contributed by atoms with Gasteiger partial charge < -0.3 is 15.4 Å². The van der Waals surface area contributed by atoms with Crippen LogP contribution in [0.1, 0.15) is 27.2 Å². The minimum Gasteiger partial charge on any atom is -0.508 e. The van der Waals surface area contributed by atoms with Crippen molar-refractivity contribution in [2.75, 3.05) is 5.32 Å². The topological polar surface area (TPSA) is 82.2 Å². The molecule has 5 heteroatoms. The Bertz CT molecular complexity index is 732. The van der Waals surface area contributed by atoms with E-state index in [2.05, 4.69) is 10.3 Å². The first kappa shape index (κ1) is 13.9. The van der Waals surface area contributed by atoms with Crippen molar-refractivity contribution >= 4 is 11.6 Å². The van der Waals surface area contributed by atoms with Crippen LogP contribution in [-0.2, 0) is 0 Å². The van der Waals surface area contributed by atoms with Crippen molar-refractivity contribution in [3.8, 4) is 5.75 Å². The number of pyridine rings is 1. The number of aromatic nitrogens is 1. The molecule has 5 nitrogen and oxygen atoms in total. The zero-order valence-electron chi connectivity index (χ0n) is 11.6. The van der Waals surface area contributed by atoms with E-state index >= 15 is 0 Å². The second-order valence-electron chi connectivity index (χ2n) is 4.79.